The second-order valence-corrected chi connectivity index (χ2v) is 2.34. The molecule has 0 unspecified atom stereocenters. The Bertz CT molecular complexity index is 66.1. The number of hydrogen-bond donors (Lipinski definition) is 3. The fraction of sp³-hybridized carbons (Fsp3) is 1.00. The van der Waals surface area contributed by atoms with Gasteiger partial charge in [0, 0.05) is 12.6 Å². The summed E-state index contributed by atoms with van der Waals surface area (Å²) in [5.41, 5.74) is 0. The Morgan fingerprint density at radius 1 is 1.44 bits per heavy atom. The van der Waals surface area contributed by atoms with Crippen molar-refractivity contribution in [1.29, 1.82) is 0 Å². The topological polar surface area (TPSA) is 52.5 Å². The predicted molar refractivity (Wildman–Crippen MR) is 36.2 cm³/mol. The van der Waals surface area contributed by atoms with Crippen molar-refractivity contribution < 1.29 is 10.2 Å². The van der Waals surface area contributed by atoms with Gasteiger partial charge < -0.3 is 15.5 Å². The highest BCUT2D eigenvalue weighted by Crippen LogP contribution is 1.80. The summed E-state index contributed by atoms with van der Waals surface area (Å²) >= 11 is 0. The van der Waals surface area contributed by atoms with Crippen LogP contribution in [-0.2, 0) is 0 Å². The van der Waals surface area contributed by atoms with Gasteiger partial charge in [-0.15, -0.1) is 0 Å². The lowest BCUT2D eigenvalue weighted by Gasteiger charge is -2.11. The summed E-state index contributed by atoms with van der Waals surface area (Å²) in [6, 6.07) is 0.0830. The van der Waals surface area contributed by atoms with Crippen LogP contribution in [0.25, 0.3) is 0 Å². The van der Waals surface area contributed by atoms with E-state index in [1.807, 2.05) is 6.92 Å². The fourth-order valence-corrected chi connectivity index (χ4v) is 0.436. The molecule has 0 amide bonds. The molecule has 56 valence electrons. The van der Waals surface area contributed by atoms with Gasteiger partial charge in [-0.2, -0.15) is 0 Å². The van der Waals surface area contributed by atoms with Gasteiger partial charge in [-0.25, -0.2) is 0 Å². The van der Waals surface area contributed by atoms with E-state index in [1.54, 1.807) is 6.92 Å². The van der Waals surface area contributed by atoms with Crippen LogP contribution >= 0.6 is 0 Å². The number of hydrogen-bond acceptors (Lipinski definition) is 3. The minimum absolute atomic E-state index is 0.0830. The van der Waals surface area contributed by atoms with Crippen molar-refractivity contribution in [2.75, 3.05) is 13.2 Å². The van der Waals surface area contributed by atoms with Crippen LogP contribution in [0.1, 0.15) is 13.8 Å². The highest BCUT2D eigenvalue weighted by atomic mass is 16.3. The molecule has 0 aliphatic rings. The number of rotatable bonds is 4. The smallest absolute Gasteiger partial charge is 0.0636 e. The summed E-state index contributed by atoms with van der Waals surface area (Å²) < 4.78 is 0. The van der Waals surface area contributed by atoms with E-state index in [-0.39, 0.29) is 18.8 Å². The molecule has 9 heavy (non-hydrogen) atoms. The maximum Gasteiger partial charge on any atom is 0.0636 e. The Morgan fingerprint density at radius 2 is 2.00 bits per heavy atom. The number of aliphatic hydroxyl groups excluding tert-OH is 2. The summed E-state index contributed by atoms with van der Waals surface area (Å²) in [6.07, 6.45) is -0.334. The quantitative estimate of drug-likeness (QED) is 0.477. The van der Waals surface area contributed by atoms with Crippen molar-refractivity contribution in [3.8, 4) is 0 Å². The van der Waals surface area contributed by atoms with E-state index in [0.29, 0.717) is 6.54 Å². The summed E-state index contributed by atoms with van der Waals surface area (Å²) in [4.78, 5) is 0. The molecule has 0 spiro atoms. The van der Waals surface area contributed by atoms with E-state index in [4.69, 9.17) is 10.2 Å². The second-order valence-electron chi connectivity index (χ2n) is 2.34. The van der Waals surface area contributed by atoms with Crippen LogP contribution in [0.3, 0.4) is 0 Å². The molecule has 2 atom stereocenters. The van der Waals surface area contributed by atoms with Crippen LogP contribution in [0.4, 0.5) is 0 Å². The molecule has 3 N–H and O–H groups in total. The average Bonchev–Trinajstić information content (AvgIpc) is 1.83. The van der Waals surface area contributed by atoms with Gasteiger partial charge in [-0.3, -0.25) is 0 Å². The number of nitrogens with one attached hydrogen (secondary N) is 1. The van der Waals surface area contributed by atoms with Gasteiger partial charge in [-0.1, -0.05) is 0 Å². The molecule has 0 aromatic heterocycles. The van der Waals surface area contributed by atoms with Gasteiger partial charge in [0.15, 0.2) is 0 Å². The zero-order valence-corrected chi connectivity index (χ0v) is 5.96. The summed E-state index contributed by atoms with van der Waals surface area (Å²) in [7, 11) is 0. The Balaban J connectivity index is 3.06. The number of aliphatic hydroxyl groups is 2. The minimum Gasteiger partial charge on any atom is -0.395 e. The van der Waals surface area contributed by atoms with Crippen LogP contribution in [0.5, 0.6) is 0 Å². The molecule has 0 saturated heterocycles. The zero-order valence-electron chi connectivity index (χ0n) is 5.96. The predicted octanol–water partition coefficient (Wildman–Crippen LogP) is -0.662. The zero-order chi connectivity index (χ0) is 7.28. The van der Waals surface area contributed by atoms with E-state index in [0.717, 1.165) is 0 Å². The standard InChI is InChI=1S/C6H15NO2/c1-5(4-8)7-3-6(2)9/h5-9H,3-4H2,1-2H3/t5-,6-/m0/s1. The third kappa shape index (κ3) is 5.76. The highest BCUT2D eigenvalue weighted by Gasteiger charge is 1.99. The van der Waals surface area contributed by atoms with E-state index in [9.17, 15) is 0 Å². The first-order valence-electron chi connectivity index (χ1n) is 3.19. The summed E-state index contributed by atoms with van der Waals surface area (Å²) in [6.45, 7) is 4.23. The van der Waals surface area contributed by atoms with Crippen LogP contribution in [0.2, 0.25) is 0 Å². The van der Waals surface area contributed by atoms with Crippen LogP contribution in [0, 0.1) is 0 Å². The van der Waals surface area contributed by atoms with E-state index >= 15 is 0 Å². The SMILES string of the molecule is C[C@H](O)CN[C@@H](C)CO. The third-order valence-electron chi connectivity index (χ3n) is 1.04. The molecular formula is C6H15NO2. The Kier molecular flexibility index (Phi) is 4.67. The van der Waals surface area contributed by atoms with Crippen LogP contribution in [-0.4, -0.2) is 35.5 Å². The van der Waals surface area contributed by atoms with Crippen molar-refractivity contribution in [1.82, 2.24) is 5.32 Å². The van der Waals surface area contributed by atoms with E-state index in [1.165, 1.54) is 0 Å². The van der Waals surface area contributed by atoms with Crippen molar-refractivity contribution >= 4 is 0 Å². The molecule has 0 fully saturated rings. The monoisotopic (exact) mass is 133 g/mol. The summed E-state index contributed by atoms with van der Waals surface area (Å²) in [5, 5.41) is 20.2. The lowest BCUT2D eigenvalue weighted by atomic mass is 10.3. The van der Waals surface area contributed by atoms with Gasteiger partial charge in [0.1, 0.15) is 0 Å². The third-order valence-corrected chi connectivity index (χ3v) is 1.04. The molecule has 0 rings (SSSR count). The first-order chi connectivity index (χ1) is 4.16. The molecule has 0 aliphatic carbocycles. The molecule has 0 radical (unpaired) electrons. The van der Waals surface area contributed by atoms with Gasteiger partial charge in [-0.05, 0) is 13.8 Å². The average molecular weight is 133 g/mol. The second kappa shape index (κ2) is 4.73. The molecule has 0 heterocycles. The first kappa shape index (κ1) is 8.88. The van der Waals surface area contributed by atoms with Gasteiger partial charge in [0.2, 0.25) is 0 Å². The van der Waals surface area contributed by atoms with Gasteiger partial charge >= 0.3 is 0 Å². The van der Waals surface area contributed by atoms with Crippen molar-refractivity contribution in [2.24, 2.45) is 0 Å². The molecule has 3 heteroatoms. The maximum atomic E-state index is 8.75. The largest absolute Gasteiger partial charge is 0.395 e. The Labute approximate surface area is 55.7 Å². The molecule has 0 bridgehead atoms. The molecule has 3 nitrogen and oxygen atoms in total. The first-order valence-corrected chi connectivity index (χ1v) is 3.19. The molecule has 0 aliphatic heterocycles. The normalized spacial score (nSPS) is 17.3. The maximum absolute atomic E-state index is 8.75. The van der Waals surface area contributed by atoms with Crippen LogP contribution in [0.15, 0.2) is 0 Å². The summed E-state index contributed by atoms with van der Waals surface area (Å²) in [5.74, 6) is 0. The lowest BCUT2D eigenvalue weighted by molar-refractivity contribution is 0.175. The fourth-order valence-electron chi connectivity index (χ4n) is 0.436. The minimum atomic E-state index is -0.334. The van der Waals surface area contributed by atoms with Gasteiger partial charge in [0.05, 0.1) is 12.7 Å². The van der Waals surface area contributed by atoms with Crippen molar-refractivity contribution in [3.05, 3.63) is 0 Å². The lowest BCUT2D eigenvalue weighted by Crippen LogP contribution is -2.34. The highest BCUT2D eigenvalue weighted by molar-refractivity contribution is 4.59. The van der Waals surface area contributed by atoms with E-state index < -0.39 is 0 Å². The molecular weight excluding hydrogens is 118 g/mol. The van der Waals surface area contributed by atoms with Crippen molar-refractivity contribution in [3.63, 3.8) is 0 Å². The van der Waals surface area contributed by atoms with Crippen molar-refractivity contribution in [2.45, 2.75) is 26.0 Å². The molecule has 0 aromatic rings. The Hall–Kier alpha value is -0.120. The van der Waals surface area contributed by atoms with Crippen LogP contribution < -0.4 is 5.32 Å². The molecule has 0 aromatic carbocycles. The Morgan fingerprint density at radius 3 is 2.33 bits per heavy atom. The molecule has 0 saturated carbocycles. The van der Waals surface area contributed by atoms with Gasteiger partial charge in [0.25, 0.3) is 0 Å². The van der Waals surface area contributed by atoms with E-state index in [2.05, 4.69) is 5.32 Å².